The quantitative estimate of drug-likeness (QED) is 0.160. The Kier molecular flexibility index (Phi) is 18.0. The fraction of sp³-hybridized carbons (Fsp3) is 1.00. The summed E-state index contributed by atoms with van der Waals surface area (Å²) in [6, 6.07) is 0. The number of halogens is 1. The lowest BCUT2D eigenvalue weighted by Gasteiger charge is -2.21. The van der Waals surface area contributed by atoms with Gasteiger partial charge in [0.25, 0.3) is 0 Å². The molecule has 0 N–H and O–H groups in total. The Morgan fingerprint density at radius 1 is 0.520 bits per heavy atom. The van der Waals surface area contributed by atoms with Gasteiger partial charge in [-0.3, -0.25) is 0 Å². The van der Waals surface area contributed by atoms with Gasteiger partial charge in [0.05, 0.1) is 6.10 Å². The first kappa shape index (κ1) is 23.5. The highest BCUT2D eigenvalue weighted by molar-refractivity contribution is 9.09. The summed E-state index contributed by atoms with van der Waals surface area (Å²) in [6.45, 7) is 1.01. The Morgan fingerprint density at radius 2 is 0.920 bits per heavy atom. The molecule has 0 saturated heterocycles. The van der Waals surface area contributed by atoms with E-state index in [1.807, 2.05) is 0 Å². The molecule has 0 spiro atoms. The van der Waals surface area contributed by atoms with Crippen LogP contribution in [0.3, 0.4) is 0 Å². The third-order valence-corrected chi connectivity index (χ3v) is 6.24. The molecule has 0 heterocycles. The maximum absolute atomic E-state index is 6.00. The molecule has 0 aromatic heterocycles. The maximum atomic E-state index is 6.00. The number of unbranched alkanes of at least 4 members (excludes halogenated alkanes) is 14. The van der Waals surface area contributed by atoms with Crippen LogP contribution in [-0.4, -0.2) is 18.0 Å². The Bertz CT molecular complexity index is 250. The van der Waals surface area contributed by atoms with Gasteiger partial charge in [0, 0.05) is 11.9 Å². The van der Waals surface area contributed by atoms with E-state index in [2.05, 4.69) is 15.9 Å². The largest absolute Gasteiger partial charge is 0.378 e. The highest BCUT2D eigenvalue weighted by Crippen LogP contribution is 2.20. The smallest absolute Gasteiger partial charge is 0.0575 e. The van der Waals surface area contributed by atoms with Crippen molar-refractivity contribution in [1.29, 1.82) is 0 Å². The minimum Gasteiger partial charge on any atom is -0.378 e. The molecule has 0 amide bonds. The SMILES string of the molecule is BrCCCCCCCCCCCCCCCCCOC1CCCCC1. The van der Waals surface area contributed by atoms with Crippen molar-refractivity contribution in [3.63, 3.8) is 0 Å². The van der Waals surface area contributed by atoms with Crippen molar-refractivity contribution in [1.82, 2.24) is 0 Å². The van der Waals surface area contributed by atoms with Gasteiger partial charge in [-0.05, 0) is 25.7 Å². The zero-order valence-electron chi connectivity index (χ0n) is 16.9. The van der Waals surface area contributed by atoms with E-state index in [1.54, 1.807) is 0 Å². The third-order valence-electron chi connectivity index (χ3n) is 5.68. The van der Waals surface area contributed by atoms with Gasteiger partial charge in [0.2, 0.25) is 0 Å². The summed E-state index contributed by atoms with van der Waals surface area (Å²) in [5.74, 6) is 0. The lowest BCUT2D eigenvalue weighted by molar-refractivity contribution is 0.0263. The van der Waals surface area contributed by atoms with Crippen LogP contribution in [0.5, 0.6) is 0 Å². The van der Waals surface area contributed by atoms with Gasteiger partial charge < -0.3 is 4.74 Å². The molecule has 0 bridgehead atoms. The summed E-state index contributed by atoms with van der Waals surface area (Å²) in [6.07, 6.45) is 28.9. The highest BCUT2D eigenvalue weighted by Gasteiger charge is 2.12. The van der Waals surface area contributed by atoms with Crippen molar-refractivity contribution in [2.24, 2.45) is 0 Å². The van der Waals surface area contributed by atoms with Crippen molar-refractivity contribution < 1.29 is 4.74 Å². The van der Waals surface area contributed by atoms with Crippen LogP contribution in [0, 0.1) is 0 Å². The topological polar surface area (TPSA) is 9.23 Å². The van der Waals surface area contributed by atoms with E-state index in [-0.39, 0.29) is 0 Å². The molecule has 2 heteroatoms. The zero-order valence-corrected chi connectivity index (χ0v) is 18.5. The second-order valence-electron chi connectivity index (χ2n) is 8.12. The molecule has 1 nitrogen and oxygen atoms in total. The second kappa shape index (κ2) is 19.2. The summed E-state index contributed by atoms with van der Waals surface area (Å²) in [5, 5.41) is 1.18. The molecule has 25 heavy (non-hydrogen) atoms. The Balaban J connectivity index is 1.65. The molecule has 1 aliphatic carbocycles. The molecule has 0 unspecified atom stereocenters. The summed E-state index contributed by atoms with van der Waals surface area (Å²) in [5.41, 5.74) is 0. The summed E-state index contributed by atoms with van der Waals surface area (Å²) < 4.78 is 6.00. The number of hydrogen-bond acceptors (Lipinski definition) is 1. The van der Waals surface area contributed by atoms with Crippen molar-refractivity contribution in [2.75, 3.05) is 11.9 Å². The van der Waals surface area contributed by atoms with E-state index in [0.29, 0.717) is 6.10 Å². The van der Waals surface area contributed by atoms with Gasteiger partial charge >= 0.3 is 0 Å². The van der Waals surface area contributed by atoms with Gasteiger partial charge in [-0.2, -0.15) is 0 Å². The number of hydrogen-bond donors (Lipinski definition) is 0. The van der Waals surface area contributed by atoms with Gasteiger partial charge in [0.15, 0.2) is 0 Å². The van der Waals surface area contributed by atoms with E-state index < -0.39 is 0 Å². The molecule has 0 aromatic rings. The summed E-state index contributed by atoms with van der Waals surface area (Å²) in [7, 11) is 0. The van der Waals surface area contributed by atoms with E-state index >= 15 is 0 Å². The minimum atomic E-state index is 0.600. The van der Waals surface area contributed by atoms with E-state index in [0.717, 1.165) is 6.61 Å². The van der Waals surface area contributed by atoms with E-state index in [1.165, 1.54) is 134 Å². The standard InChI is InChI=1S/C23H45BrO/c24-21-17-12-10-8-6-4-2-1-3-5-7-9-11-13-18-22-25-23-19-15-14-16-20-23/h23H,1-22H2. The Labute approximate surface area is 167 Å². The van der Waals surface area contributed by atoms with Crippen LogP contribution in [0.25, 0.3) is 0 Å². The molecule has 1 fully saturated rings. The second-order valence-corrected chi connectivity index (χ2v) is 8.92. The number of rotatable bonds is 18. The summed E-state index contributed by atoms with van der Waals surface area (Å²) >= 11 is 3.50. The Morgan fingerprint density at radius 3 is 1.36 bits per heavy atom. The van der Waals surface area contributed by atoms with Crippen LogP contribution in [0.15, 0.2) is 0 Å². The number of ether oxygens (including phenoxy) is 1. The molecular formula is C23H45BrO. The molecular weight excluding hydrogens is 372 g/mol. The predicted molar refractivity (Wildman–Crippen MR) is 116 cm³/mol. The first-order chi connectivity index (χ1) is 12.4. The molecule has 0 aliphatic heterocycles. The van der Waals surface area contributed by atoms with Crippen molar-refractivity contribution in [3.8, 4) is 0 Å². The lowest BCUT2D eigenvalue weighted by atomic mass is 9.98. The monoisotopic (exact) mass is 416 g/mol. The van der Waals surface area contributed by atoms with E-state index in [4.69, 9.17) is 4.74 Å². The van der Waals surface area contributed by atoms with Crippen LogP contribution < -0.4 is 0 Å². The molecule has 150 valence electrons. The lowest BCUT2D eigenvalue weighted by Crippen LogP contribution is -2.17. The van der Waals surface area contributed by atoms with Gasteiger partial charge in [-0.25, -0.2) is 0 Å². The maximum Gasteiger partial charge on any atom is 0.0575 e. The minimum absolute atomic E-state index is 0.600. The molecule has 0 aromatic carbocycles. The first-order valence-corrected chi connectivity index (χ1v) is 12.7. The molecule has 1 aliphatic rings. The van der Waals surface area contributed by atoms with Crippen LogP contribution in [0.2, 0.25) is 0 Å². The van der Waals surface area contributed by atoms with Crippen LogP contribution in [0.4, 0.5) is 0 Å². The Hall–Kier alpha value is 0.440. The average molecular weight is 418 g/mol. The molecule has 0 atom stereocenters. The van der Waals surface area contributed by atoms with Crippen LogP contribution in [0.1, 0.15) is 128 Å². The van der Waals surface area contributed by atoms with Gasteiger partial charge in [-0.1, -0.05) is 119 Å². The zero-order chi connectivity index (χ0) is 17.8. The van der Waals surface area contributed by atoms with Gasteiger partial charge in [0.1, 0.15) is 0 Å². The predicted octanol–water partition coefficient (Wildman–Crippen LogP) is 8.58. The normalized spacial score (nSPS) is 15.7. The van der Waals surface area contributed by atoms with Crippen molar-refractivity contribution >= 4 is 15.9 Å². The summed E-state index contributed by atoms with van der Waals surface area (Å²) in [4.78, 5) is 0. The molecule has 0 radical (unpaired) electrons. The van der Waals surface area contributed by atoms with E-state index in [9.17, 15) is 0 Å². The molecule has 1 rings (SSSR count). The highest BCUT2D eigenvalue weighted by atomic mass is 79.9. The van der Waals surface area contributed by atoms with Crippen molar-refractivity contribution in [2.45, 2.75) is 135 Å². The van der Waals surface area contributed by atoms with Crippen molar-refractivity contribution in [3.05, 3.63) is 0 Å². The van der Waals surface area contributed by atoms with Crippen LogP contribution in [-0.2, 0) is 4.74 Å². The van der Waals surface area contributed by atoms with Crippen LogP contribution >= 0.6 is 15.9 Å². The fourth-order valence-electron chi connectivity index (χ4n) is 3.98. The first-order valence-electron chi connectivity index (χ1n) is 11.6. The van der Waals surface area contributed by atoms with Gasteiger partial charge in [-0.15, -0.1) is 0 Å². The third kappa shape index (κ3) is 16.3. The fourth-order valence-corrected chi connectivity index (χ4v) is 4.37. The average Bonchev–Trinajstić information content (AvgIpc) is 2.65. The molecule has 1 saturated carbocycles. The number of alkyl halides is 1.